The molecule has 0 aromatic heterocycles. The number of carboxylic acid groups (broad SMARTS) is 1. The Kier molecular flexibility index (Phi) is 7.15. The van der Waals surface area contributed by atoms with Crippen LogP contribution in [0.3, 0.4) is 0 Å². The predicted molar refractivity (Wildman–Crippen MR) is 78.2 cm³/mol. The maximum absolute atomic E-state index is 12.1. The Morgan fingerprint density at radius 3 is 2.05 bits per heavy atom. The van der Waals surface area contributed by atoms with E-state index in [9.17, 15) is 14.7 Å². The van der Waals surface area contributed by atoms with Gasteiger partial charge in [-0.1, -0.05) is 12.8 Å². The molecule has 0 radical (unpaired) electrons. The molecule has 1 fully saturated rings. The number of rotatable bonds is 8. The highest BCUT2D eigenvalue weighted by molar-refractivity contribution is 5.80. The summed E-state index contributed by atoms with van der Waals surface area (Å²) in [7, 11) is 0. The Morgan fingerprint density at radius 1 is 1.05 bits per heavy atom. The molecule has 0 aromatic carbocycles. The minimum absolute atomic E-state index is 0.356. The molecule has 2 unspecified atom stereocenters. The third kappa shape index (κ3) is 4.70. The summed E-state index contributed by atoms with van der Waals surface area (Å²) in [5, 5.41) is 11.1. The van der Waals surface area contributed by atoms with Gasteiger partial charge in [-0.3, -0.25) is 4.79 Å². The zero-order valence-corrected chi connectivity index (χ0v) is 13.6. The van der Waals surface area contributed by atoms with Crippen molar-refractivity contribution >= 4 is 11.9 Å². The smallest absolute Gasteiger partial charge is 0.309 e. The van der Waals surface area contributed by atoms with E-state index in [1.807, 2.05) is 0 Å². The first-order valence-electron chi connectivity index (χ1n) is 8.22. The minimum atomic E-state index is -1.11. The Bertz CT molecular complexity index is 344. The van der Waals surface area contributed by atoms with Crippen molar-refractivity contribution in [2.75, 3.05) is 32.8 Å². The van der Waals surface area contributed by atoms with Crippen LogP contribution in [0.25, 0.3) is 0 Å². The van der Waals surface area contributed by atoms with Crippen molar-refractivity contribution in [1.29, 1.82) is 0 Å². The molecular weight excluding hydrogens is 270 g/mol. The van der Waals surface area contributed by atoms with Gasteiger partial charge in [0, 0.05) is 11.9 Å². The van der Waals surface area contributed by atoms with Crippen LogP contribution in [0.1, 0.15) is 46.5 Å². The molecule has 1 saturated carbocycles. The molecule has 0 aliphatic heterocycles. The summed E-state index contributed by atoms with van der Waals surface area (Å²) in [4.78, 5) is 23.3. The molecule has 2 atom stereocenters. The Hall–Kier alpha value is -1.10. The maximum atomic E-state index is 12.1. The van der Waals surface area contributed by atoms with Crippen molar-refractivity contribution in [3.63, 3.8) is 0 Å². The summed E-state index contributed by atoms with van der Waals surface area (Å²) in [6.45, 7) is 10.6. The van der Waals surface area contributed by atoms with Gasteiger partial charge < -0.3 is 19.1 Å². The van der Waals surface area contributed by atoms with Crippen LogP contribution in [0.5, 0.6) is 0 Å². The van der Waals surface area contributed by atoms with Gasteiger partial charge in [0.2, 0.25) is 0 Å². The van der Waals surface area contributed by atoms with Gasteiger partial charge in [0.1, 0.15) is 13.2 Å². The van der Waals surface area contributed by atoms with E-state index in [1.165, 1.54) is 0 Å². The van der Waals surface area contributed by atoms with Crippen molar-refractivity contribution in [2.45, 2.75) is 46.5 Å². The van der Waals surface area contributed by atoms with Crippen LogP contribution in [0.15, 0.2) is 0 Å². The molecule has 0 amide bonds. The maximum Gasteiger partial charge on any atom is 0.309 e. The summed E-state index contributed by atoms with van der Waals surface area (Å²) in [5.41, 5.74) is 0. The van der Waals surface area contributed by atoms with Gasteiger partial charge >= 0.3 is 5.97 Å². The van der Waals surface area contributed by atoms with Crippen molar-refractivity contribution in [2.24, 2.45) is 11.8 Å². The average Bonchev–Trinajstić information content (AvgIpc) is 2.52. The number of aliphatic carboxylic acids is 1. The molecule has 1 aliphatic rings. The molecule has 0 saturated heterocycles. The van der Waals surface area contributed by atoms with Gasteiger partial charge in [-0.15, -0.1) is 0 Å². The number of likely N-dealkylation sites (N-methyl/N-ethyl adjacent to an activating group) is 1. The topological polar surface area (TPSA) is 66.4 Å². The highest BCUT2D eigenvalue weighted by Crippen LogP contribution is 2.30. The van der Waals surface area contributed by atoms with Crippen molar-refractivity contribution in [3.05, 3.63) is 0 Å². The number of carbonyl (C=O) groups is 2. The van der Waals surface area contributed by atoms with Gasteiger partial charge in [0.15, 0.2) is 0 Å². The third-order valence-electron chi connectivity index (χ3n) is 5.19. The van der Waals surface area contributed by atoms with E-state index in [4.69, 9.17) is 4.74 Å². The lowest BCUT2D eigenvalue weighted by molar-refractivity contribution is -0.923. The molecule has 5 heteroatoms. The van der Waals surface area contributed by atoms with Gasteiger partial charge in [0.05, 0.1) is 25.6 Å². The van der Waals surface area contributed by atoms with Crippen LogP contribution in [0.4, 0.5) is 0 Å². The van der Waals surface area contributed by atoms with Gasteiger partial charge in [-0.25, -0.2) is 0 Å². The number of hydrogen-bond donors (Lipinski definition) is 0. The predicted octanol–water partition coefficient (Wildman–Crippen LogP) is 0.962. The number of hydrogen-bond acceptors (Lipinski definition) is 4. The van der Waals surface area contributed by atoms with Crippen LogP contribution < -0.4 is 5.11 Å². The highest BCUT2D eigenvalue weighted by atomic mass is 16.5. The van der Waals surface area contributed by atoms with E-state index in [-0.39, 0.29) is 5.97 Å². The molecule has 0 aromatic rings. The monoisotopic (exact) mass is 299 g/mol. The van der Waals surface area contributed by atoms with E-state index < -0.39 is 17.8 Å². The van der Waals surface area contributed by atoms with Crippen LogP contribution >= 0.6 is 0 Å². The standard InChI is InChI=1S/C16H29NO4/c1-4-17(5-2,6-3)11-12-21-16(20)14-10-8-7-9-13(14)15(18)19/h13-14H,4-12H2,1-3H3. The lowest BCUT2D eigenvalue weighted by atomic mass is 9.79. The second-order valence-corrected chi connectivity index (χ2v) is 6.00. The summed E-state index contributed by atoms with van der Waals surface area (Å²) in [5.74, 6) is -2.66. The van der Waals surface area contributed by atoms with Gasteiger partial charge in [-0.2, -0.15) is 0 Å². The number of nitrogens with zero attached hydrogens (tertiary/aromatic N) is 1. The first kappa shape index (κ1) is 18.0. The lowest BCUT2D eigenvalue weighted by Crippen LogP contribution is -2.50. The molecular formula is C16H29NO4. The number of esters is 1. The number of carbonyl (C=O) groups excluding carboxylic acids is 2. The van der Waals surface area contributed by atoms with Crippen molar-refractivity contribution in [1.82, 2.24) is 0 Å². The van der Waals surface area contributed by atoms with E-state index in [0.29, 0.717) is 19.4 Å². The molecule has 0 heterocycles. The minimum Gasteiger partial charge on any atom is -0.550 e. The summed E-state index contributed by atoms with van der Waals surface area (Å²) in [6.07, 6.45) is 2.88. The Labute approximate surface area is 127 Å². The van der Waals surface area contributed by atoms with Crippen molar-refractivity contribution < 1.29 is 23.9 Å². The van der Waals surface area contributed by atoms with Crippen LogP contribution in [0, 0.1) is 11.8 Å². The second kappa shape index (κ2) is 8.37. The van der Waals surface area contributed by atoms with Crippen LogP contribution in [0.2, 0.25) is 0 Å². The summed E-state index contributed by atoms with van der Waals surface area (Å²) >= 11 is 0. The van der Waals surface area contributed by atoms with E-state index >= 15 is 0 Å². The first-order valence-corrected chi connectivity index (χ1v) is 8.22. The molecule has 1 rings (SSSR count). The van der Waals surface area contributed by atoms with Gasteiger partial charge in [-0.05, 0) is 33.6 Å². The SMILES string of the molecule is CC[N+](CC)(CC)CCOC(=O)C1CCCCC1C(=O)[O-]. The largest absolute Gasteiger partial charge is 0.550 e. The third-order valence-corrected chi connectivity index (χ3v) is 5.19. The molecule has 21 heavy (non-hydrogen) atoms. The lowest BCUT2D eigenvalue weighted by Gasteiger charge is -2.36. The first-order chi connectivity index (χ1) is 9.99. The van der Waals surface area contributed by atoms with Crippen LogP contribution in [-0.4, -0.2) is 49.2 Å². The van der Waals surface area contributed by atoms with E-state index in [2.05, 4.69) is 20.8 Å². The zero-order valence-electron chi connectivity index (χ0n) is 13.6. The Balaban J connectivity index is 2.50. The summed E-state index contributed by atoms with van der Waals surface area (Å²) < 4.78 is 6.30. The van der Waals surface area contributed by atoms with E-state index in [0.717, 1.165) is 43.5 Å². The average molecular weight is 299 g/mol. The molecule has 0 bridgehead atoms. The number of quaternary nitrogens is 1. The van der Waals surface area contributed by atoms with E-state index in [1.54, 1.807) is 0 Å². The fourth-order valence-electron chi connectivity index (χ4n) is 3.29. The fourth-order valence-corrected chi connectivity index (χ4v) is 3.29. The normalized spacial score (nSPS) is 22.8. The highest BCUT2D eigenvalue weighted by Gasteiger charge is 2.33. The molecule has 1 aliphatic carbocycles. The quantitative estimate of drug-likeness (QED) is 0.494. The summed E-state index contributed by atoms with van der Waals surface area (Å²) in [6, 6.07) is 0. The number of carboxylic acids is 1. The van der Waals surface area contributed by atoms with Crippen molar-refractivity contribution in [3.8, 4) is 0 Å². The Morgan fingerprint density at radius 2 is 1.57 bits per heavy atom. The zero-order chi connectivity index (χ0) is 15.9. The molecule has 0 N–H and O–H groups in total. The molecule has 5 nitrogen and oxygen atoms in total. The molecule has 122 valence electrons. The second-order valence-electron chi connectivity index (χ2n) is 6.00. The molecule has 0 spiro atoms. The fraction of sp³-hybridized carbons (Fsp3) is 0.875. The number of ether oxygens (including phenoxy) is 1. The van der Waals surface area contributed by atoms with Crippen LogP contribution in [-0.2, 0) is 14.3 Å². The van der Waals surface area contributed by atoms with Gasteiger partial charge in [0.25, 0.3) is 0 Å².